The Morgan fingerprint density at radius 3 is 2.50 bits per heavy atom. The van der Waals surface area contributed by atoms with Gasteiger partial charge in [-0.3, -0.25) is 0 Å². The lowest BCUT2D eigenvalue weighted by Gasteiger charge is -2.13. The maximum atomic E-state index is 10.4. The molecule has 0 aliphatic carbocycles. The number of benzene rings is 3. The summed E-state index contributed by atoms with van der Waals surface area (Å²) in [5.74, 6) is 0.212. The molecule has 5 heteroatoms. The van der Waals surface area contributed by atoms with Gasteiger partial charge >= 0.3 is 0 Å². The molecule has 0 amide bonds. The lowest BCUT2D eigenvalue weighted by Crippen LogP contribution is -2.02. The first-order chi connectivity index (χ1) is 12.6. The molecule has 26 heavy (non-hydrogen) atoms. The summed E-state index contributed by atoms with van der Waals surface area (Å²) in [6.45, 7) is 4.17. The van der Waals surface area contributed by atoms with Crippen LogP contribution in [0.4, 0.5) is 0 Å². The number of hydrogen-bond donors (Lipinski definition) is 2. The fourth-order valence-electron chi connectivity index (χ4n) is 3.18. The highest BCUT2D eigenvalue weighted by Gasteiger charge is 2.20. The molecule has 0 radical (unpaired) electrons. The molecule has 4 rings (SSSR count). The van der Waals surface area contributed by atoms with Crippen molar-refractivity contribution in [3.05, 3.63) is 66.2 Å². The molecule has 3 aromatic carbocycles. The predicted molar refractivity (Wildman–Crippen MR) is 102 cm³/mol. The highest BCUT2D eigenvalue weighted by atomic mass is 16.3. The van der Waals surface area contributed by atoms with Gasteiger partial charge in [0.25, 0.3) is 5.88 Å². The number of aromatic nitrogens is 3. The molecule has 0 spiro atoms. The average Bonchev–Trinajstić information content (AvgIpc) is 3.02. The smallest absolute Gasteiger partial charge is 0.259 e. The second kappa shape index (κ2) is 6.19. The van der Waals surface area contributed by atoms with Crippen LogP contribution >= 0.6 is 0 Å². The average molecular weight is 345 g/mol. The second-order valence-electron chi connectivity index (χ2n) is 6.60. The highest BCUT2D eigenvalue weighted by molar-refractivity contribution is 5.97. The van der Waals surface area contributed by atoms with Gasteiger partial charge in [-0.15, -0.1) is 0 Å². The van der Waals surface area contributed by atoms with Crippen LogP contribution in [0.25, 0.3) is 27.7 Å². The number of fused-ring (bicyclic) bond motifs is 1. The monoisotopic (exact) mass is 345 g/mol. The standard InChI is InChI=1S/C21H19N3O2/c1-13(2)15-10-11-19(25)18(12-15)24-20(21(26)22-23-24)17-9-5-7-14-6-3-4-8-16(14)17/h3-13,25-26H,1-2H3. The van der Waals surface area contributed by atoms with E-state index >= 15 is 0 Å². The van der Waals surface area contributed by atoms with Gasteiger partial charge < -0.3 is 10.2 Å². The third kappa shape index (κ3) is 2.58. The van der Waals surface area contributed by atoms with Crippen molar-refractivity contribution in [1.82, 2.24) is 15.0 Å². The Hall–Kier alpha value is -3.34. The zero-order valence-corrected chi connectivity index (χ0v) is 14.6. The summed E-state index contributed by atoms with van der Waals surface area (Å²) in [5, 5.41) is 30.8. The van der Waals surface area contributed by atoms with Gasteiger partial charge in [-0.05, 0) is 34.4 Å². The minimum atomic E-state index is -0.171. The van der Waals surface area contributed by atoms with E-state index in [2.05, 4.69) is 24.2 Å². The van der Waals surface area contributed by atoms with Gasteiger partial charge in [0.15, 0.2) is 0 Å². The van der Waals surface area contributed by atoms with Crippen LogP contribution in [0.1, 0.15) is 25.3 Å². The molecule has 0 bridgehead atoms. The van der Waals surface area contributed by atoms with Crippen LogP contribution in [0, 0.1) is 0 Å². The summed E-state index contributed by atoms with van der Waals surface area (Å²) in [7, 11) is 0. The minimum absolute atomic E-state index is 0.0841. The fourth-order valence-corrected chi connectivity index (χ4v) is 3.18. The quantitative estimate of drug-likeness (QED) is 0.568. The Labute approximate surface area is 151 Å². The molecular formula is C21H19N3O2. The molecule has 0 saturated heterocycles. The van der Waals surface area contributed by atoms with E-state index < -0.39 is 0 Å². The number of nitrogens with zero attached hydrogens (tertiary/aromatic N) is 3. The van der Waals surface area contributed by atoms with Crippen molar-refractivity contribution in [3.8, 4) is 28.6 Å². The van der Waals surface area contributed by atoms with E-state index in [1.807, 2.05) is 54.6 Å². The molecule has 130 valence electrons. The third-order valence-electron chi connectivity index (χ3n) is 4.59. The van der Waals surface area contributed by atoms with E-state index in [-0.39, 0.29) is 11.6 Å². The lowest BCUT2D eigenvalue weighted by molar-refractivity contribution is 0.454. The zero-order chi connectivity index (χ0) is 18.3. The predicted octanol–water partition coefficient (Wildman–Crippen LogP) is 4.62. The molecule has 4 aromatic rings. The summed E-state index contributed by atoms with van der Waals surface area (Å²) < 4.78 is 1.50. The van der Waals surface area contributed by atoms with Crippen LogP contribution in [-0.2, 0) is 0 Å². The Kier molecular flexibility index (Phi) is 3.84. The molecule has 5 nitrogen and oxygen atoms in total. The number of phenols is 1. The second-order valence-corrected chi connectivity index (χ2v) is 6.60. The molecule has 1 aromatic heterocycles. The topological polar surface area (TPSA) is 71.2 Å². The number of rotatable bonds is 3. The first kappa shape index (κ1) is 16.1. The molecule has 0 atom stereocenters. The highest BCUT2D eigenvalue weighted by Crippen LogP contribution is 2.37. The van der Waals surface area contributed by atoms with Gasteiger partial charge in [0.2, 0.25) is 0 Å². The maximum absolute atomic E-state index is 10.4. The van der Waals surface area contributed by atoms with Gasteiger partial charge in [0, 0.05) is 5.56 Å². The maximum Gasteiger partial charge on any atom is 0.259 e. The summed E-state index contributed by atoms with van der Waals surface area (Å²) in [6.07, 6.45) is 0. The lowest BCUT2D eigenvalue weighted by atomic mass is 10.0. The normalized spacial score (nSPS) is 11.3. The van der Waals surface area contributed by atoms with E-state index in [1.165, 1.54) is 4.68 Å². The van der Waals surface area contributed by atoms with Crippen LogP contribution in [0.2, 0.25) is 0 Å². The summed E-state index contributed by atoms with van der Waals surface area (Å²) in [4.78, 5) is 0. The van der Waals surface area contributed by atoms with Crippen LogP contribution in [-0.4, -0.2) is 25.2 Å². The molecule has 2 N–H and O–H groups in total. The van der Waals surface area contributed by atoms with Gasteiger partial charge in [-0.2, -0.15) is 0 Å². The van der Waals surface area contributed by atoms with Gasteiger partial charge in [-0.1, -0.05) is 72.7 Å². The van der Waals surface area contributed by atoms with Crippen LogP contribution in [0.15, 0.2) is 60.7 Å². The molecule has 0 aliphatic heterocycles. The van der Waals surface area contributed by atoms with Crippen LogP contribution in [0.3, 0.4) is 0 Å². The van der Waals surface area contributed by atoms with E-state index in [0.717, 1.165) is 21.9 Å². The summed E-state index contributed by atoms with van der Waals surface area (Å²) >= 11 is 0. The van der Waals surface area contributed by atoms with Gasteiger partial charge in [0.1, 0.15) is 17.1 Å². The Morgan fingerprint density at radius 1 is 0.923 bits per heavy atom. The van der Waals surface area contributed by atoms with E-state index in [0.29, 0.717) is 17.3 Å². The summed E-state index contributed by atoms with van der Waals surface area (Å²) in [6, 6.07) is 19.2. The molecule has 0 unspecified atom stereocenters. The van der Waals surface area contributed by atoms with E-state index in [4.69, 9.17) is 0 Å². The Bertz CT molecular complexity index is 1090. The fraction of sp³-hybridized carbons (Fsp3) is 0.143. The van der Waals surface area contributed by atoms with Crippen molar-refractivity contribution < 1.29 is 10.2 Å². The third-order valence-corrected chi connectivity index (χ3v) is 4.59. The van der Waals surface area contributed by atoms with E-state index in [1.54, 1.807) is 6.07 Å². The Morgan fingerprint density at radius 2 is 1.69 bits per heavy atom. The first-order valence-electron chi connectivity index (χ1n) is 8.52. The molecule has 0 fully saturated rings. The van der Waals surface area contributed by atoms with Crippen molar-refractivity contribution in [2.45, 2.75) is 19.8 Å². The van der Waals surface area contributed by atoms with E-state index in [9.17, 15) is 10.2 Å². The van der Waals surface area contributed by atoms with Crippen molar-refractivity contribution in [2.75, 3.05) is 0 Å². The van der Waals surface area contributed by atoms with Crippen LogP contribution in [0.5, 0.6) is 11.6 Å². The SMILES string of the molecule is CC(C)c1ccc(O)c(-n2nnc(O)c2-c2cccc3ccccc23)c1. The Balaban J connectivity index is 1.99. The van der Waals surface area contributed by atoms with Crippen molar-refractivity contribution >= 4 is 10.8 Å². The van der Waals surface area contributed by atoms with Crippen molar-refractivity contribution in [2.24, 2.45) is 0 Å². The molecule has 1 heterocycles. The molecular weight excluding hydrogens is 326 g/mol. The van der Waals surface area contributed by atoms with Gasteiger partial charge in [-0.25, -0.2) is 4.68 Å². The number of aromatic hydroxyl groups is 2. The zero-order valence-electron chi connectivity index (χ0n) is 14.6. The van der Waals surface area contributed by atoms with Crippen LogP contribution < -0.4 is 0 Å². The molecule has 0 saturated carbocycles. The van der Waals surface area contributed by atoms with Gasteiger partial charge in [0.05, 0.1) is 0 Å². The minimum Gasteiger partial charge on any atom is -0.506 e. The largest absolute Gasteiger partial charge is 0.506 e. The molecule has 0 aliphatic rings. The number of hydrogen-bond acceptors (Lipinski definition) is 4. The van der Waals surface area contributed by atoms with Crippen molar-refractivity contribution in [3.63, 3.8) is 0 Å². The van der Waals surface area contributed by atoms with Crippen molar-refractivity contribution in [1.29, 1.82) is 0 Å². The summed E-state index contributed by atoms with van der Waals surface area (Å²) in [5.41, 5.74) is 2.82. The number of phenolic OH excluding ortho intramolecular Hbond substituents is 1. The first-order valence-corrected chi connectivity index (χ1v) is 8.52.